The van der Waals surface area contributed by atoms with Gasteiger partial charge in [-0.2, -0.15) is 0 Å². The lowest BCUT2D eigenvalue weighted by Crippen LogP contribution is -2.38. The average Bonchev–Trinajstić information content (AvgIpc) is 2.84. The average molecular weight is 452 g/mol. The zero-order chi connectivity index (χ0) is 23.8. The highest BCUT2D eigenvalue weighted by Crippen LogP contribution is 2.32. The fraction of sp³-hybridized carbons (Fsp3) is 0.519. The molecule has 178 valence electrons. The van der Waals surface area contributed by atoms with Crippen LogP contribution in [-0.2, 0) is 4.79 Å². The van der Waals surface area contributed by atoms with Crippen molar-refractivity contribution in [3.05, 3.63) is 47.2 Å². The largest absolute Gasteiger partial charge is 0.493 e. The molecule has 0 spiro atoms. The van der Waals surface area contributed by atoms with Crippen LogP contribution >= 0.6 is 0 Å². The van der Waals surface area contributed by atoms with E-state index in [4.69, 9.17) is 4.74 Å². The zero-order valence-electron chi connectivity index (χ0n) is 20.2. The molecule has 6 nitrogen and oxygen atoms in total. The first-order valence-corrected chi connectivity index (χ1v) is 12.0. The second-order valence-electron chi connectivity index (χ2n) is 9.18. The maximum atomic E-state index is 11.2. The number of aliphatic imine (C=N–C) groups is 2. The third kappa shape index (κ3) is 6.80. The fourth-order valence-corrected chi connectivity index (χ4v) is 4.32. The van der Waals surface area contributed by atoms with Gasteiger partial charge in [0.25, 0.3) is 0 Å². The van der Waals surface area contributed by atoms with Gasteiger partial charge in [0.15, 0.2) is 0 Å². The van der Waals surface area contributed by atoms with Crippen LogP contribution in [0.1, 0.15) is 63.5 Å². The van der Waals surface area contributed by atoms with Gasteiger partial charge in [-0.25, -0.2) is 9.98 Å². The maximum absolute atomic E-state index is 11.2. The molecule has 6 heteroatoms. The molecular weight excluding hydrogens is 414 g/mol. The lowest BCUT2D eigenvalue weighted by atomic mass is 9.86. The number of allylic oxidation sites excluding steroid dienone is 3. The predicted octanol–water partition coefficient (Wildman–Crippen LogP) is 5.72. The van der Waals surface area contributed by atoms with E-state index >= 15 is 0 Å². The lowest BCUT2D eigenvalue weighted by Gasteiger charge is -2.32. The van der Waals surface area contributed by atoms with E-state index in [9.17, 15) is 9.90 Å². The molecule has 3 rings (SSSR count). The summed E-state index contributed by atoms with van der Waals surface area (Å²) >= 11 is 0. The number of hydrogen-bond acceptors (Lipinski definition) is 3. The van der Waals surface area contributed by atoms with Crippen LogP contribution < -0.4 is 4.74 Å². The van der Waals surface area contributed by atoms with Gasteiger partial charge in [-0.15, -0.1) is 0 Å². The van der Waals surface area contributed by atoms with Crippen molar-refractivity contribution in [3.63, 3.8) is 0 Å². The molecule has 1 N–H and O–H groups in total. The number of carbonyl (C=O) groups is 1. The molecule has 1 fully saturated rings. The van der Waals surface area contributed by atoms with E-state index in [2.05, 4.69) is 66.6 Å². The van der Waals surface area contributed by atoms with Gasteiger partial charge in [0.1, 0.15) is 5.75 Å². The zero-order valence-corrected chi connectivity index (χ0v) is 20.2. The molecule has 1 aromatic carbocycles. The van der Waals surface area contributed by atoms with E-state index in [1.165, 1.54) is 16.7 Å². The van der Waals surface area contributed by atoms with Crippen molar-refractivity contribution in [2.75, 3.05) is 19.7 Å². The molecule has 1 unspecified atom stereocenters. The SMILES string of the molecule is C=NC(=N/C=C(\C)CC)N1CCC(COc2ccc(C3=CCC(C(=O)O)CC3)cc2C)CC1. The number of benzene rings is 1. The van der Waals surface area contributed by atoms with E-state index in [1.54, 1.807) is 0 Å². The number of aryl methyl sites for hydroxylation is 1. The van der Waals surface area contributed by atoms with Crippen LogP contribution in [0.25, 0.3) is 5.57 Å². The molecule has 1 saturated heterocycles. The third-order valence-electron chi connectivity index (χ3n) is 6.78. The summed E-state index contributed by atoms with van der Waals surface area (Å²) in [4.78, 5) is 22.0. The van der Waals surface area contributed by atoms with Crippen molar-refractivity contribution in [3.8, 4) is 5.75 Å². The van der Waals surface area contributed by atoms with Crippen LogP contribution in [0.2, 0.25) is 0 Å². The summed E-state index contributed by atoms with van der Waals surface area (Å²) in [6.45, 7) is 12.5. The number of nitrogens with zero attached hydrogens (tertiary/aromatic N) is 3. The summed E-state index contributed by atoms with van der Waals surface area (Å²) < 4.78 is 6.19. The Morgan fingerprint density at radius 1 is 1.30 bits per heavy atom. The summed E-state index contributed by atoms with van der Waals surface area (Å²) in [5.41, 5.74) is 4.76. The van der Waals surface area contributed by atoms with E-state index < -0.39 is 5.97 Å². The molecule has 0 bridgehead atoms. The smallest absolute Gasteiger partial charge is 0.306 e. The van der Waals surface area contributed by atoms with Gasteiger partial charge in [0, 0.05) is 19.3 Å². The van der Waals surface area contributed by atoms with E-state index in [1.807, 2.05) is 6.20 Å². The Balaban J connectivity index is 1.51. The summed E-state index contributed by atoms with van der Waals surface area (Å²) in [6, 6.07) is 6.32. The predicted molar refractivity (Wildman–Crippen MR) is 135 cm³/mol. The minimum Gasteiger partial charge on any atom is -0.493 e. The number of aliphatic carboxylic acids is 1. The summed E-state index contributed by atoms with van der Waals surface area (Å²) in [6.07, 6.45) is 9.17. The van der Waals surface area contributed by atoms with Crippen LogP contribution in [0.15, 0.2) is 46.0 Å². The van der Waals surface area contributed by atoms with Crippen LogP contribution in [0, 0.1) is 18.8 Å². The normalized spacial score (nSPS) is 20.4. The molecule has 33 heavy (non-hydrogen) atoms. The number of rotatable bonds is 7. The molecule has 0 radical (unpaired) electrons. The van der Waals surface area contributed by atoms with Crippen molar-refractivity contribution in [2.45, 2.75) is 59.3 Å². The maximum Gasteiger partial charge on any atom is 0.306 e. The van der Waals surface area contributed by atoms with Crippen molar-refractivity contribution < 1.29 is 14.6 Å². The molecule has 0 aromatic heterocycles. The summed E-state index contributed by atoms with van der Waals surface area (Å²) in [5.74, 6) is 1.21. The first-order valence-electron chi connectivity index (χ1n) is 12.0. The van der Waals surface area contributed by atoms with E-state index in [-0.39, 0.29) is 5.92 Å². The molecule has 1 atom stereocenters. The van der Waals surface area contributed by atoms with Crippen LogP contribution in [0.5, 0.6) is 5.75 Å². The van der Waals surface area contributed by atoms with Gasteiger partial charge in [-0.3, -0.25) is 4.79 Å². The topological polar surface area (TPSA) is 74.5 Å². The second kappa shape index (κ2) is 11.8. The number of piperidine rings is 1. The Morgan fingerprint density at radius 2 is 2.06 bits per heavy atom. The highest BCUT2D eigenvalue weighted by molar-refractivity contribution is 5.84. The van der Waals surface area contributed by atoms with Crippen molar-refractivity contribution in [1.29, 1.82) is 0 Å². The second-order valence-corrected chi connectivity index (χ2v) is 9.18. The van der Waals surface area contributed by atoms with Gasteiger partial charge in [-0.05, 0) is 93.8 Å². The molecule has 2 aliphatic rings. The van der Waals surface area contributed by atoms with Crippen LogP contribution in [0.4, 0.5) is 0 Å². The molecule has 1 aromatic rings. The van der Waals surface area contributed by atoms with Crippen LogP contribution in [0.3, 0.4) is 0 Å². The molecule has 0 saturated carbocycles. The lowest BCUT2D eigenvalue weighted by molar-refractivity contribution is -0.141. The van der Waals surface area contributed by atoms with Crippen LogP contribution in [-0.4, -0.2) is 48.3 Å². The van der Waals surface area contributed by atoms with Gasteiger partial charge < -0.3 is 14.7 Å². The number of carboxylic acid groups (broad SMARTS) is 1. The third-order valence-corrected chi connectivity index (χ3v) is 6.78. The monoisotopic (exact) mass is 451 g/mol. The first kappa shape index (κ1) is 24.7. The highest BCUT2D eigenvalue weighted by Gasteiger charge is 2.23. The van der Waals surface area contributed by atoms with Crippen molar-refractivity contribution in [2.24, 2.45) is 21.8 Å². The Hall–Kier alpha value is -2.89. The number of carboxylic acids is 1. The number of hydrogen-bond donors (Lipinski definition) is 1. The molecule has 1 heterocycles. The highest BCUT2D eigenvalue weighted by atomic mass is 16.5. The molecule has 0 amide bonds. The van der Waals surface area contributed by atoms with Gasteiger partial charge in [-0.1, -0.05) is 24.6 Å². The van der Waals surface area contributed by atoms with Gasteiger partial charge in [0.2, 0.25) is 5.96 Å². The Kier molecular flexibility index (Phi) is 8.87. The van der Waals surface area contributed by atoms with Crippen molar-refractivity contribution in [1.82, 2.24) is 4.90 Å². The Morgan fingerprint density at radius 3 is 2.64 bits per heavy atom. The van der Waals surface area contributed by atoms with Gasteiger partial charge >= 0.3 is 5.97 Å². The number of guanidine groups is 1. The molecule has 1 aliphatic carbocycles. The number of likely N-dealkylation sites (tertiary alicyclic amines) is 1. The quantitative estimate of drug-likeness (QED) is 0.425. The fourth-order valence-electron chi connectivity index (χ4n) is 4.32. The first-order chi connectivity index (χ1) is 15.9. The van der Waals surface area contributed by atoms with E-state index in [0.717, 1.165) is 50.1 Å². The summed E-state index contributed by atoms with van der Waals surface area (Å²) in [5, 5.41) is 9.19. The molecule has 1 aliphatic heterocycles. The number of ether oxygens (including phenoxy) is 1. The minimum atomic E-state index is -0.691. The van der Waals surface area contributed by atoms with E-state index in [0.29, 0.717) is 31.3 Å². The molecular formula is C27H37N3O3. The Bertz CT molecular complexity index is 940. The van der Waals surface area contributed by atoms with Gasteiger partial charge in [0.05, 0.1) is 12.5 Å². The van der Waals surface area contributed by atoms with Crippen molar-refractivity contribution >= 4 is 24.2 Å². The standard InChI is InChI=1S/C27H37N3O3/c1-5-19(2)17-29-27(28-4)30-14-12-21(13-15-30)18-33-25-11-10-24(16-20(25)3)22-6-8-23(9-7-22)26(31)32/h6,10-11,16-17,21,23H,4-5,7-9,12-15,18H2,1-3H3,(H,31,32)/b19-17+,29-27?. The summed E-state index contributed by atoms with van der Waals surface area (Å²) in [7, 11) is 0. The minimum absolute atomic E-state index is 0.245. The Labute approximate surface area is 197 Å².